The fourth-order valence-electron chi connectivity index (χ4n) is 2.15. The maximum atomic E-state index is 14.4. The van der Waals surface area contributed by atoms with E-state index in [1.165, 1.54) is 0 Å². The summed E-state index contributed by atoms with van der Waals surface area (Å²) >= 11 is 0. The summed E-state index contributed by atoms with van der Waals surface area (Å²) in [6.45, 7) is 0. The first-order chi connectivity index (χ1) is 6.60. The molecule has 3 nitrogen and oxygen atoms in total. The van der Waals surface area contributed by atoms with Crippen LogP contribution in [-0.2, 0) is 12.7 Å². The monoisotopic (exact) mass is 197 g/mol. The van der Waals surface area contributed by atoms with Crippen LogP contribution in [0.25, 0.3) is 0 Å². The molecule has 2 unspecified atom stereocenters. The molecule has 1 aromatic heterocycles. The van der Waals surface area contributed by atoms with E-state index in [1.807, 2.05) is 0 Å². The molecule has 78 valence electrons. The zero-order chi connectivity index (χ0) is 10.2. The molecular formula is C10H16FN3. The summed E-state index contributed by atoms with van der Waals surface area (Å²) in [6, 6.07) is 1.73. The van der Waals surface area contributed by atoms with Crippen LogP contribution in [0.1, 0.15) is 31.4 Å². The van der Waals surface area contributed by atoms with E-state index in [0.29, 0.717) is 18.5 Å². The van der Waals surface area contributed by atoms with Crippen molar-refractivity contribution in [1.29, 1.82) is 0 Å². The first-order valence-electron chi connectivity index (χ1n) is 5.05. The molecule has 1 aliphatic carbocycles. The Balaban J connectivity index is 2.22. The summed E-state index contributed by atoms with van der Waals surface area (Å²) < 4.78 is 16.0. The second-order valence-electron chi connectivity index (χ2n) is 4.20. The number of hydrogen-bond donors (Lipinski definition) is 1. The van der Waals surface area contributed by atoms with Crippen molar-refractivity contribution in [2.45, 2.75) is 37.4 Å². The van der Waals surface area contributed by atoms with E-state index < -0.39 is 5.67 Å². The third kappa shape index (κ3) is 1.66. The number of halogens is 1. The predicted molar refractivity (Wildman–Crippen MR) is 52.4 cm³/mol. The van der Waals surface area contributed by atoms with Gasteiger partial charge in [-0.2, -0.15) is 5.10 Å². The molecule has 0 aliphatic heterocycles. The van der Waals surface area contributed by atoms with Gasteiger partial charge < -0.3 is 5.73 Å². The van der Waals surface area contributed by atoms with E-state index in [-0.39, 0.29) is 6.04 Å². The molecule has 4 heteroatoms. The van der Waals surface area contributed by atoms with Crippen LogP contribution in [0, 0.1) is 0 Å². The summed E-state index contributed by atoms with van der Waals surface area (Å²) in [6.07, 6.45) is 4.52. The van der Waals surface area contributed by atoms with Crippen LogP contribution in [0.15, 0.2) is 12.3 Å². The van der Waals surface area contributed by atoms with E-state index in [4.69, 9.17) is 5.73 Å². The minimum Gasteiger partial charge on any atom is -0.328 e. The van der Waals surface area contributed by atoms with Gasteiger partial charge in [-0.15, -0.1) is 0 Å². The number of nitrogens with two attached hydrogens (primary N) is 1. The molecule has 0 saturated heterocycles. The molecule has 0 amide bonds. The van der Waals surface area contributed by atoms with Gasteiger partial charge in [0, 0.05) is 25.7 Å². The van der Waals surface area contributed by atoms with Gasteiger partial charge in [0.05, 0.1) is 5.69 Å². The molecule has 1 aromatic rings. The topological polar surface area (TPSA) is 43.8 Å². The van der Waals surface area contributed by atoms with E-state index in [9.17, 15) is 4.39 Å². The zero-order valence-corrected chi connectivity index (χ0v) is 8.41. The van der Waals surface area contributed by atoms with E-state index in [1.54, 1.807) is 24.0 Å². The van der Waals surface area contributed by atoms with Crippen LogP contribution >= 0.6 is 0 Å². The molecule has 1 fully saturated rings. The summed E-state index contributed by atoms with van der Waals surface area (Å²) in [5, 5.41) is 4.13. The molecule has 0 spiro atoms. The van der Waals surface area contributed by atoms with Crippen LogP contribution < -0.4 is 5.73 Å². The van der Waals surface area contributed by atoms with Crippen molar-refractivity contribution in [3.63, 3.8) is 0 Å². The summed E-state index contributed by atoms with van der Waals surface area (Å²) in [7, 11) is 1.80. The summed E-state index contributed by atoms with van der Waals surface area (Å²) in [4.78, 5) is 0. The van der Waals surface area contributed by atoms with Crippen LogP contribution in [-0.4, -0.2) is 15.8 Å². The van der Waals surface area contributed by atoms with Crippen molar-refractivity contribution in [3.8, 4) is 0 Å². The van der Waals surface area contributed by atoms with Gasteiger partial charge in [0.15, 0.2) is 5.67 Å². The van der Waals surface area contributed by atoms with Crippen molar-refractivity contribution in [3.05, 3.63) is 18.0 Å². The van der Waals surface area contributed by atoms with Gasteiger partial charge in [-0.3, -0.25) is 4.68 Å². The lowest BCUT2D eigenvalue weighted by molar-refractivity contribution is 0.0892. The number of nitrogens with zero attached hydrogens (tertiary/aromatic N) is 2. The van der Waals surface area contributed by atoms with Crippen LogP contribution in [0.4, 0.5) is 4.39 Å². The second kappa shape index (κ2) is 3.35. The smallest absolute Gasteiger partial charge is 0.156 e. The first kappa shape index (κ1) is 9.65. The predicted octanol–water partition coefficient (Wildman–Crippen LogP) is 1.49. The van der Waals surface area contributed by atoms with Gasteiger partial charge in [-0.05, 0) is 25.3 Å². The molecule has 1 saturated carbocycles. The van der Waals surface area contributed by atoms with Gasteiger partial charge in [0.1, 0.15) is 0 Å². The third-order valence-corrected chi connectivity index (χ3v) is 2.91. The highest BCUT2D eigenvalue weighted by Gasteiger charge is 2.38. The van der Waals surface area contributed by atoms with Gasteiger partial charge >= 0.3 is 0 Å². The van der Waals surface area contributed by atoms with Crippen LogP contribution in [0.5, 0.6) is 0 Å². The fourth-order valence-corrected chi connectivity index (χ4v) is 2.15. The Kier molecular flexibility index (Phi) is 2.31. The van der Waals surface area contributed by atoms with Crippen molar-refractivity contribution in [1.82, 2.24) is 9.78 Å². The average molecular weight is 197 g/mol. The van der Waals surface area contributed by atoms with Crippen molar-refractivity contribution < 1.29 is 4.39 Å². The van der Waals surface area contributed by atoms with Gasteiger partial charge in [0.2, 0.25) is 0 Å². The van der Waals surface area contributed by atoms with E-state index in [0.717, 1.165) is 12.8 Å². The van der Waals surface area contributed by atoms with Gasteiger partial charge in [-0.25, -0.2) is 4.39 Å². The van der Waals surface area contributed by atoms with Crippen molar-refractivity contribution in [2.24, 2.45) is 12.8 Å². The Morgan fingerprint density at radius 3 is 3.07 bits per heavy atom. The van der Waals surface area contributed by atoms with Crippen molar-refractivity contribution in [2.75, 3.05) is 0 Å². The highest BCUT2D eigenvalue weighted by molar-refractivity contribution is 5.12. The Labute approximate surface area is 83.1 Å². The minimum absolute atomic E-state index is 0.0178. The lowest BCUT2D eigenvalue weighted by Gasteiger charge is -2.31. The van der Waals surface area contributed by atoms with Gasteiger partial charge in [0.25, 0.3) is 0 Å². The summed E-state index contributed by atoms with van der Waals surface area (Å²) in [5.74, 6) is 0. The number of aromatic nitrogens is 2. The van der Waals surface area contributed by atoms with Crippen LogP contribution in [0.2, 0.25) is 0 Å². The van der Waals surface area contributed by atoms with Crippen LogP contribution in [0.3, 0.4) is 0 Å². The second-order valence-corrected chi connectivity index (χ2v) is 4.20. The Bertz CT molecular complexity index is 323. The highest BCUT2D eigenvalue weighted by Crippen LogP contribution is 2.39. The van der Waals surface area contributed by atoms with E-state index >= 15 is 0 Å². The quantitative estimate of drug-likeness (QED) is 0.741. The minimum atomic E-state index is -1.29. The molecule has 0 bridgehead atoms. The molecule has 14 heavy (non-hydrogen) atoms. The van der Waals surface area contributed by atoms with Gasteiger partial charge in [-0.1, -0.05) is 0 Å². The highest BCUT2D eigenvalue weighted by atomic mass is 19.1. The summed E-state index contributed by atoms with van der Waals surface area (Å²) in [5.41, 5.74) is 5.02. The van der Waals surface area contributed by atoms with Crippen molar-refractivity contribution >= 4 is 0 Å². The van der Waals surface area contributed by atoms with E-state index in [2.05, 4.69) is 5.10 Å². The molecule has 1 aliphatic rings. The molecule has 0 aromatic carbocycles. The zero-order valence-electron chi connectivity index (χ0n) is 8.41. The lowest BCUT2D eigenvalue weighted by atomic mass is 9.81. The average Bonchev–Trinajstić information content (AvgIpc) is 2.52. The number of rotatable bonds is 1. The molecule has 2 atom stereocenters. The normalized spacial score (nSPS) is 33.2. The number of hydrogen-bond acceptors (Lipinski definition) is 2. The maximum Gasteiger partial charge on any atom is 0.156 e. The molecule has 2 rings (SSSR count). The lowest BCUT2D eigenvalue weighted by Crippen LogP contribution is -2.36. The Morgan fingerprint density at radius 2 is 2.50 bits per heavy atom. The fraction of sp³-hybridized carbons (Fsp3) is 0.700. The first-order valence-corrected chi connectivity index (χ1v) is 5.05. The number of alkyl halides is 1. The Hall–Kier alpha value is -0.900. The number of aryl methyl sites for hydroxylation is 1. The molecule has 1 heterocycles. The maximum absolute atomic E-state index is 14.4. The third-order valence-electron chi connectivity index (χ3n) is 2.91. The molecular weight excluding hydrogens is 181 g/mol. The largest absolute Gasteiger partial charge is 0.328 e. The molecule has 0 radical (unpaired) electrons. The SMILES string of the molecule is Cn1ccc(C2(F)CCCC(N)C2)n1. The Morgan fingerprint density at radius 1 is 1.71 bits per heavy atom. The standard InChI is InChI=1S/C10H16FN3/c1-14-6-4-9(13-14)10(11)5-2-3-8(12)7-10/h4,6,8H,2-3,5,7,12H2,1H3. The molecule has 2 N–H and O–H groups in total.